The predicted octanol–water partition coefficient (Wildman–Crippen LogP) is 3.31. The third-order valence-electron chi connectivity index (χ3n) is 4.26. The lowest BCUT2D eigenvalue weighted by Crippen LogP contribution is -2.27. The lowest BCUT2D eigenvalue weighted by atomic mass is 9.89. The number of rotatable bonds is 1. The lowest BCUT2D eigenvalue weighted by Gasteiger charge is -2.21. The summed E-state index contributed by atoms with van der Waals surface area (Å²) in [6.45, 7) is 1.90. The summed E-state index contributed by atoms with van der Waals surface area (Å²) in [5.74, 6) is 0.745. The molecule has 0 amide bonds. The molecule has 0 N–H and O–H groups in total. The van der Waals surface area contributed by atoms with Crippen LogP contribution in [0.25, 0.3) is 16.8 Å². The molecular weight excluding hydrogens is 272 g/mol. The van der Waals surface area contributed by atoms with Gasteiger partial charge in [0.15, 0.2) is 0 Å². The molecule has 3 aromatic rings. The first-order valence-corrected chi connectivity index (χ1v) is 7.52. The fourth-order valence-corrected chi connectivity index (χ4v) is 3.25. The molecule has 1 aromatic heterocycles. The Hall–Kier alpha value is -2.68. The highest BCUT2D eigenvalue weighted by atomic mass is 16.1. The van der Waals surface area contributed by atoms with Gasteiger partial charge in [-0.15, -0.1) is 0 Å². The van der Waals surface area contributed by atoms with E-state index in [0.29, 0.717) is 0 Å². The van der Waals surface area contributed by atoms with Gasteiger partial charge in [0.25, 0.3) is 5.56 Å². The molecule has 0 saturated carbocycles. The zero-order valence-electron chi connectivity index (χ0n) is 12.4. The van der Waals surface area contributed by atoms with Gasteiger partial charge in [-0.25, -0.2) is 4.98 Å². The Labute approximate surface area is 128 Å². The standard InChI is InChI=1S/C19H16N2O/c1-13-20-17-12-11-14-7-5-6-10-16(14)18(17)19(22)21(13)15-8-3-2-4-9-15/h2-10H,11-12H2,1H3. The highest BCUT2D eigenvalue weighted by Crippen LogP contribution is 2.30. The maximum atomic E-state index is 13.1. The van der Waals surface area contributed by atoms with Crippen molar-refractivity contribution in [3.63, 3.8) is 0 Å². The Kier molecular flexibility index (Phi) is 2.93. The summed E-state index contributed by atoms with van der Waals surface area (Å²) in [4.78, 5) is 17.8. The van der Waals surface area contributed by atoms with Crippen LogP contribution in [0.15, 0.2) is 59.4 Å². The second-order valence-corrected chi connectivity index (χ2v) is 5.61. The van der Waals surface area contributed by atoms with Crippen molar-refractivity contribution in [2.45, 2.75) is 19.8 Å². The summed E-state index contributed by atoms with van der Waals surface area (Å²) in [5, 5.41) is 0. The predicted molar refractivity (Wildman–Crippen MR) is 87.4 cm³/mol. The fraction of sp³-hybridized carbons (Fsp3) is 0.158. The fourth-order valence-electron chi connectivity index (χ4n) is 3.25. The van der Waals surface area contributed by atoms with Gasteiger partial charge in [0.1, 0.15) is 5.82 Å². The van der Waals surface area contributed by atoms with Gasteiger partial charge in [-0.1, -0.05) is 42.5 Å². The molecule has 0 saturated heterocycles. The Balaban J connectivity index is 2.05. The van der Waals surface area contributed by atoms with E-state index >= 15 is 0 Å². The van der Waals surface area contributed by atoms with Gasteiger partial charge in [0.2, 0.25) is 0 Å². The third-order valence-corrected chi connectivity index (χ3v) is 4.26. The number of para-hydroxylation sites is 1. The molecule has 0 unspecified atom stereocenters. The third kappa shape index (κ3) is 1.90. The molecule has 0 atom stereocenters. The molecule has 0 aliphatic heterocycles. The molecule has 22 heavy (non-hydrogen) atoms. The van der Waals surface area contributed by atoms with E-state index < -0.39 is 0 Å². The molecule has 0 bridgehead atoms. The average molecular weight is 288 g/mol. The number of nitrogens with zero attached hydrogens (tertiary/aromatic N) is 2. The Morgan fingerprint density at radius 3 is 2.50 bits per heavy atom. The van der Waals surface area contributed by atoms with Crippen molar-refractivity contribution >= 4 is 0 Å². The highest BCUT2D eigenvalue weighted by molar-refractivity contribution is 5.71. The zero-order valence-corrected chi connectivity index (χ0v) is 12.4. The summed E-state index contributed by atoms with van der Waals surface area (Å²) in [6, 6.07) is 17.9. The molecule has 0 fully saturated rings. The van der Waals surface area contributed by atoms with Gasteiger partial charge in [-0.3, -0.25) is 9.36 Å². The number of aromatic nitrogens is 2. The van der Waals surface area contributed by atoms with Crippen LogP contribution < -0.4 is 5.56 Å². The van der Waals surface area contributed by atoms with Gasteiger partial charge in [-0.2, -0.15) is 0 Å². The second-order valence-electron chi connectivity index (χ2n) is 5.61. The molecule has 2 aromatic carbocycles. The van der Waals surface area contributed by atoms with E-state index in [2.05, 4.69) is 6.07 Å². The number of fused-ring (bicyclic) bond motifs is 3. The van der Waals surface area contributed by atoms with Crippen molar-refractivity contribution in [1.29, 1.82) is 0 Å². The summed E-state index contributed by atoms with van der Waals surface area (Å²) in [5.41, 5.74) is 4.84. The van der Waals surface area contributed by atoms with Gasteiger partial charge in [0, 0.05) is 0 Å². The minimum Gasteiger partial charge on any atom is -0.268 e. The van der Waals surface area contributed by atoms with E-state index in [1.807, 2.05) is 55.5 Å². The second kappa shape index (κ2) is 4.95. The van der Waals surface area contributed by atoms with Gasteiger partial charge >= 0.3 is 0 Å². The highest BCUT2D eigenvalue weighted by Gasteiger charge is 2.22. The summed E-state index contributed by atoms with van der Waals surface area (Å²) in [6.07, 6.45) is 1.78. The normalized spacial score (nSPS) is 12.6. The van der Waals surface area contributed by atoms with Gasteiger partial charge < -0.3 is 0 Å². The van der Waals surface area contributed by atoms with Crippen LogP contribution in [-0.2, 0) is 12.8 Å². The largest absolute Gasteiger partial charge is 0.268 e. The molecule has 3 nitrogen and oxygen atoms in total. The Morgan fingerprint density at radius 1 is 0.955 bits per heavy atom. The first-order valence-electron chi connectivity index (χ1n) is 7.52. The minimum atomic E-state index is 0.0286. The van der Waals surface area contributed by atoms with Crippen molar-refractivity contribution < 1.29 is 0 Å². The minimum absolute atomic E-state index is 0.0286. The van der Waals surface area contributed by atoms with Crippen LogP contribution in [-0.4, -0.2) is 9.55 Å². The van der Waals surface area contributed by atoms with Gasteiger partial charge in [0.05, 0.1) is 16.9 Å². The van der Waals surface area contributed by atoms with E-state index in [1.165, 1.54) is 5.56 Å². The first-order chi connectivity index (χ1) is 10.8. The van der Waals surface area contributed by atoms with Crippen LogP contribution in [0.1, 0.15) is 17.1 Å². The molecule has 1 aliphatic carbocycles. The molecule has 0 radical (unpaired) electrons. The molecule has 3 heteroatoms. The van der Waals surface area contributed by atoms with Crippen LogP contribution in [0.5, 0.6) is 0 Å². The van der Waals surface area contributed by atoms with Crippen molar-refractivity contribution in [3.05, 3.63) is 82.0 Å². The Bertz CT molecular complexity index is 910. The number of hydrogen-bond donors (Lipinski definition) is 0. The van der Waals surface area contributed by atoms with Crippen LogP contribution >= 0.6 is 0 Å². The van der Waals surface area contributed by atoms with Crippen LogP contribution in [0, 0.1) is 6.92 Å². The van der Waals surface area contributed by atoms with E-state index in [0.717, 1.165) is 41.2 Å². The summed E-state index contributed by atoms with van der Waals surface area (Å²) < 4.78 is 1.71. The molecule has 0 spiro atoms. The number of hydrogen-bond acceptors (Lipinski definition) is 2. The maximum absolute atomic E-state index is 13.1. The topological polar surface area (TPSA) is 34.9 Å². The van der Waals surface area contributed by atoms with Crippen molar-refractivity contribution in [2.75, 3.05) is 0 Å². The van der Waals surface area contributed by atoms with Crippen LogP contribution in [0.4, 0.5) is 0 Å². The quantitative estimate of drug-likeness (QED) is 0.688. The van der Waals surface area contributed by atoms with E-state index in [4.69, 9.17) is 4.98 Å². The van der Waals surface area contributed by atoms with E-state index in [9.17, 15) is 4.79 Å². The molecule has 1 aliphatic rings. The lowest BCUT2D eigenvalue weighted by molar-refractivity contribution is 0.803. The number of aryl methyl sites for hydroxylation is 3. The monoisotopic (exact) mass is 288 g/mol. The van der Waals surface area contributed by atoms with Crippen molar-refractivity contribution in [1.82, 2.24) is 9.55 Å². The smallest absolute Gasteiger partial charge is 0.266 e. The van der Waals surface area contributed by atoms with E-state index in [1.54, 1.807) is 4.57 Å². The molecule has 108 valence electrons. The number of benzene rings is 2. The first kappa shape index (κ1) is 13.0. The Morgan fingerprint density at radius 2 is 1.68 bits per heavy atom. The van der Waals surface area contributed by atoms with Gasteiger partial charge in [-0.05, 0) is 43.0 Å². The zero-order chi connectivity index (χ0) is 15.1. The average Bonchev–Trinajstić information content (AvgIpc) is 2.55. The summed E-state index contributed by atoms with van der Waals surface area (Å²) >= 11 is 0. The van der Waals surface area contributed by atoms with Crippen molar-refractivity contribution in [2.24, 2.45) is 0 Å². The van der Waals surface area contributed by atoms with Crippen LogP contribution in [0.2, 0.25) is 0 Å². The maximum Gasteiger partial charge on any atom is 0.266 e. The molecule has 1 heterocycles. The molecular formula is C19H16N2O. The summed E-state index contributed by atoms with van der Waals surface area (Å²) in [7, 11) is 0. The van der Waals surface area contributed by atoms with Crippen molar-refractivity contribution in [3.8, 4) is 16.8 Å². The van der Waals surface area contributed by atoms with E-state index in [-0.39, 0.29) is 5.56 Å². The molecule has 4 rings (SSSR count). The van der Waals surface area contributed by atoms with Crippen LogP contribution in [0.3, 0.4) is 0 Å². The SMILES string of the molecule is Cc1nc2c(c(=O)n1-c1ccccc1)-c1ccccc1CC2.